The Labute approximate surface area is 165 Å². The molecule has 28 heavy (non-hydrogen) atoms. The van der Waals surface area contributed by atoms with Gasteiger partial charge in [0.1, 0.15) is 5.82 Å². The van der Waals surface area contributed by atoms with E-state index in [0.717, 1.165) is 55.3 Å². The number of carboxylic acid groups (broad SMARTS) is 1. The highest BCUT2D eigenvalue weighted by Gasteiger charge is 2.19. The maximum Gasteiger partial charge on any atom is 0.311 e. The number of pyridine rings is 2. The monoisotopic (exact) mass is 378 g/mol. The van der Waals surface area contributed by atoms with E-state index in [-0.39, 0.29) is 0 Å². The zero-order valence-electron chi connectivity index (χ0n) is 16.2. The first-order chi connectivity index (χ1) is 13.6. The van der Waals surface area contributed by atoms with Crippen LogP contribution in [0.2, 0.25) is 0 Å². The van der Waals surface area contributed by atoms with Crippen molar-refractivity contribution in [1.82, 2.24) is 19.9 Å². The molecule has 6 nitrogen and oxygen atoms in total. The second-order valence-electron chi connectivity index (χ2n) is 7.11. The van der Waals surface area contributed by atoms with Crippen molar-refractivity contribution in [1.29, 1.82) is 0 Å². The van der Waals surface area contributed by atoms with E-state index in [4.69, 9.17) is 0 Å². The third kappa shape index (κ3) is 5.55. The smallest absolute Gasteiger partial charge is 0.311 e. The van der Waals surface area contributed by atoms with Crippen LogP contribution in [0.1, 0.15) is 61.5 Å². The molecule has 3 heterocycles. The first-order valence-electron chi connectivity index (χ1n) is 9.85. The molecule has 0 saturated heterocycles. The summed E-state index contributed by atoms with van der Waals surface area (Å²) in [6, 6.07) is 8.09. The van der Waals surface area contributed by atoms with Gasteiger partial charge in [0.25, 0.3) is 0 Å². The number of aryl methyl sites for hydroxylation is 2. The molecule has 0 aromatic carbocycles. The van der Waals surface area contributed by atoms with Crippen molar-refractivity contribution in [3.8, 4) is 0 Å². The van der Waals surface area contributed by atoms with Crippen LogP contribution in [0.25, 0.3) is 11.0 Å². The second kappa shape index (κ2) is 9.88. The fraction of sp³-hybridized carbons (Fsp3) is 0.409. The molecule has 0 spiro atoms. The van der Waals surface area contributed by atoms with Crippen LogP contribution in [0, 0.1) is 6.92 Å². The Morgan fingerprint density at radius 2 is 1.75 bits per heavy atom. The summed E-state index contributed by atoms with van der Waals surface area (Å²) in [6.07, 6.45) is 11.8. The van der Waals surface area contributed by atoms with Gasteiger partial charge in [-0.3, -0.25) is 4.79 Å². The average Bonchev–Trinajstić information content (AvgIpc) is 2.70. The van der Waals surface area contributed by atoms with Gasteiger partial charge in [0, 0.05) is 35.2 Å². The standard InChI is InChI=1S/C22H26N4O2/c1-16-24-14-18(15-25-16)20(22(27)28)10-6-4-2-3-5-9-19-12-11-17-8-7-13-23-21(17)26-19/h7-8,11-15,20H,2-6,9-10H2,1H3,(H,27,28). The largest absolute Gasteiger partial charge is 0.481 e. The van der Waals surface area contributed by atoms with E-state index in [9.17, 15) is 9.90 Å². The summed E-state index contributed by atoms with van der Waals surface area (Å²) in [5.41, 5.74) is 2.57. The van der Waals surface area contributed by atoms with Crippen molar-refractivity contribution >= 4 is 17.0 Å². The van der Waals surface area contributed by atoms with Crippen LogP contribution >= 0.6 is 0 Å². The molecule has 0 saturated carbocycles. The third-order valence-corrected chi connectivity index (χ3v) is 4.95. The van der Waals surface area contributed by atoms with Gasteiger partial charge in [-0.15, -0.1) is 0 Å². The number of rotatable bonds is 10. The van der Waals surface area contributed by atoms with Gasteiger partial charge in [-0.25, -0.2) is 19.9 Å². The van der Waals surface area contributed by atoms with Crippen LogP contribution in [0.15, 0.2) is 42.9 Å². The molecule has 0 radical (unpaired) electrons. The molecule has 0 amide bonds. The van der Waals surface area contributed by atoms with E-state index in [1.807, 2.05) is 12.1 Å². The summed E-state index contributed by atoms with van der Waals surface area (Å²) in [5, 5.41) is 10.5. The summed E-state index contributed by atoms with van der Waals surface area (Å²) in [7, 11) is 0. The van der Waals surface area contributed by atoms with Gasteiger partial charge in [0.15, 0.2) is 5.65 Å². The Bertz CT molecular complexity index is 912. The predicted molar refractivity (Wildman–Crippen MR) is 108 cm³/mol. The molecule has 0 bridgehead atoms. The molecule has 6 heteroatoms. The fourth-order valence-corrected chi connectivity index (χ4v) is 3.33. The molecule has 3 aromatic rings. The summed E-state index contributed by atoms with van der Waals surface area (Å²) >= 11 is 0. The van der Waals surface area contributed by atoms with E-state index in [1.54, 1.807) is 25.5 Å². The summed E-state index contributed by atoms with van der Waals surface area (Å²) in [5.74, 6) is -0.664. The first kappa shape index (κ1) is 19.9. The van der Waals surface area contributed by atoms with Crippen molar-refractivity contribution < 1.29 is 9.90 Å². The van der Waals surface area contributed by atoms with Crippen molar-refractivity contribution in [3.05, 3.63) is 59.9 Å². The van der Waals surface area contributed by atoms with Crippen LogP contribution in [0.5, 0.6) is 0 Å². The molecule has 1 atom stereocenters. The lowest BCUT2D eigenvalue weighted by atomic mass is 9.95. The molecule has 1 N–H and O–H groups in total. The van der Waals surface area contributed by atoms with Crippen molar-refractivity contribution in [2.75, 3.05) is 0 Å². The summed E-state index contributed by atoms with van der Waals surface area (Å²) in [6.45, 7) is 1.80. The number of aromatic nitrogens is 4. The van der Waals surface area contributed by atoms with Crippen LogP contribution in [-0.4, -0.2) is 31.0 Å². The number of hydrogen-bond donors (Lipinski definition) is 1. The fourth-order valence-electron chi connectivity index (χ4n) is 3.33. The Balaban J connectivity index is 1.36. The highest BCUT2D eigenvalue weighted by atomic mass is 16.4. The molecule has 146 valence electrons. The van der Waals surface area contributed by atoms with Gasteiger partial charge in [-0.05, 0) is 50.5 Å². The lowest BCUT2D eigenvalue weighted by molar-refractivity contribution is -0.139. The van der Waals surface area contributed by atoms with Gasteiger partial charge in [-0.2, -0.15) is 0 Å². The highest BCUT2D eigenvalue weighted by molar-refractivity contribution is 5.75. The van der Waals surface area contributed by atoms with Gasteiger partial charge >= 0.3 is 5.97 Å². The maximum absolute atomic E-state index is 11.5. The number of unbranched alkanes of at least 4 members (excludes halogenated alkanes) is 4. The van der Waals surface area contributed by atoms with Crippen LogP contribution in [-0.2, 0) is 11.2 Å². The van der Waals surface area contributed by atoms with Crippen LogP contribution in [0.4, 0.5) is 0 Å². The third-order valence-electron chi connectivity index (χ3n) is 4.95. The van der Waals surface area contributed by atoms with Gasteiger partial charge in [0.05, 0.1) is 5.92 Å². The molecule has 1 unspecified atom stereocenters. The van der Waals surface area contributed by atoms with E-state index in [0.29, 0.717) is 17.8 Å². The number of aliphatic carboxylic acids is 1. The Morgan fingerprint density at radius 3 is 2.54 bits per heavy atom. The van der Waals surface area contributed by atoms with Crippen molar-refractivity contribution in [2.24, 2.45) is 0 Å². The van der Waals surface area contributed by atoms with E-state index < -0.39 is 11.9 Å². The number of hydrogen-bond acceptors (Lipinski definition) is 5. The lowest BCUT2D eigenvalue weighted by Gasteiger charge is -2.12. The Kier molecular flexibility index (Phi) is 7.00. The summed E-state index contributed by atoms with van der Waals surface area (Å²) in [4.78, 5) is 28.7. The van der Waals surface area contributed by atoms with Gasteiger partial charge in [-0.1, -0.05) is 25.7 Å². The van der Waals surface area contributed by atoms with Gasteiger partial charge < -0.3 is 5.11 Å². The minimum absolute atomic E-state index is 0.519. The average molecular weight is 378 g/mol. The van der Waals surface area contributed by atoms with E-state index in [2.05, 4.69) is 32.1 Å². The highest BCUT2D eigenvalue weighted by Crippen LogP contribution is 2.22. The molecule has 0 aliphatic heterocycles. The normalized spacial score (nSPS) is 12.2. The van der Waals surface area contributed by atoms with Gasteiger partial charge in [0.2, 0.25) is 0 Å². The number of fused-ring (bicyclic) bond motifs is 1. The topological polar surface area (TPSA) is 88.9 Å². The number of nitrogens with zero attached hydrogens (tertiary/aromatic N) is 4. The minimum atomic E-state index is -0.802. The van der Waals surface area contributed by atoms with E-state index in [1.165, 1.54) is 0 Å². The first-order valence-corrected chi connectivity index (χ1v) is 9.85. The van der Waals surface area contributed by atoms with Crippen molar-refractivity contribution in [2.45, 2.75) is 57.8 Å². The SMILES string of the molecule is Cc1ncc(C(CCCCCCCc2ccc3cccnc3n2)C(=O)O)cn1. The predicted octanol–water partition coefficient (Wildman–Crippen LogP) is 4.48. The second-order valence-corrected chi connectivity index (χ2v) is 7.11. The Hall–Kier alpha value is -2.89. The number of carboxylic acids is 1. The zero-order chi connectivity index (χ0) is 19.8. The maximum atomic E-state index is 11.5. The van der Waals surface area contributed by atoms with Crippen LogP contribution < -0.4 is 0 Å². The van der Waals surface area contributed by atoms with Crippen molar-refractivity contribution in [3.63, 3.8) is 0 Å². The molecule has 0 aliphatic rings. The number of carbonyl (C=O) groups is 1. The molecule has 3 rings (SSSR count). The zero-order valence-corrected chi connectivity index (χ0v) is 16.2. The minimum Gasteiger partial charge on any atom is -0.481 e. The quantitative estimate of drug-likeness (QED) is 0.523. The molecular weight excluding hydrogens is 352 g/mol. The molecular formula is C22H26N4O2. The van der Waals surface area contributed by atoms with Crippen LogP contribution in [0.3, 0.4) is 0 Å². The lowest BCUT2D eigenvalue weighted by Crippen LogP contribution is -2.12. The Morgan fingerprint density at radius 1 is 1.00 bits per heavy atom. The van der Waals surface area contributed by atoms with E-state index >= 15 is 0 Å². The summed E-state index contributed by atoms with van der Waals surface area (Å²) < 4.78 is 0. The molecule has 0 aliphatic carbocycles. The molecule has 0 fully saturated rings. The molecule has 3 aromatic heterocycles.